The summed E-state index contributed by atoms with van der Waals surface area (Å²) in [5.74, 6) is -0.332. The number of amides is 2. The normalized spacial score (nSPS) is 31.0. The number of esters is 1. The Balaban J connectivity index is 1.13. The van der Waals surface area contributed by atoms with E-state index in [9.17, 15) is 19.6 Å². The highest BCUT2D eigenvalue weighted by atomic mass is 16.5. The molecule has 10 rings (SSSR count). The molecule has 3 saturated heterocycles. The molecule has 4 aliphatic heterocycles. The van der Waals surface area contributed by atoms with Crippen molar-refractivity contribution in [1.29, 1.82) is 5.26 Å². The molecule has 5 fully saturated rings. The lowest BCUT2D eigenvalue weighted by molar-refractivity contribution is -0.156. The Labute approximate surface area is 356 Å². The number of hydrogen-bond donors (Lipinski definition) is 3. The minimum Gasteiger partial charge on any atom is -0.464 e. The van der Waals surface area contributed by atoms with Gasteiger partial charge in [-0.1, -0.05) is 33.8 Å². The molecule has 0 radical (unpaired) electrons. The van der Waals surface area contributed by atoms with Crippen LogP contribution in [0.2, 0.25) is 0 Å². The lowest BCUT2D eigenvalue weighted by Crippen LogP contribution is -2.70. The molecule has 1 unspecified atom stereocenters. The van der Waals surface area contributed by atoms with Gasteiger partial charge in [0.25, 0.3) is 5.91 Å². The average molecular weight is 828 g/mol. The highest BCUT2D eigenvalue weighted by Gasteiger charge is 2.54. The second-order valence-corrected chi connectivity index (χ2v) is 19.7. The zero-order valence-corrected chi connectivity index (χ0v) is 35.7. The third-order valence-electron chi connectivity index (χ3n) is 14.8. The third-order valence-corrected chi connectivity index (χ3v) is 14.8. The molecule has 14 nitrogen and oxygen atoms in total. The van der Waals surface area contributed by atoms with E-state index in [4.69, 9.17) is 14.1 Å². The molecule has 4 aromatic rings. The number of fused-ring (bicyclic) bond motifs is 6. The maximum absolute atomic E-state index is 15.0. The van der Waals surface area contributed by atoms with Gasteiger partial charge in [-0.2, -0.15) is 5.26 Å². The third kappa shape index (κ3) is 7.22. The van der Waals surface area contributed by atoms with Gasteiger partial charge in [0.15, 0.2) is 0 Å². The SMILES string of the molecule is C[C@@H]1C(C(=O)N[C@@H]2C(=O)N3CCC[C@H](N3)C(=O)OCC(C)(C)Cc3c(-c4cccnc4)n([C@H]4CC[C@H](C#N)C4)c4ccc(cc34)-c3coc(n3)[C@H]2N2CC3(CCCN3)C2)[C@@H]1C. The van der Waals surface area contributed by atoms with Crippen LogP contribution in [0.1, 0.15) is 96.2 Å². The second kappa shape index (κ2) is 15.4. The van der Waals surface area contributed by atoms with Crippen LogP contribution in [-0.2, 0) is 25.5 Å². The molecule has 3 aromatic heterocycles. The number of nitriles is 1. The van der Waals surface area contributed by atoms with Gasteiger partial charge in [-0.25, -0.2) is 10.4 Å². The highest BCUT2D eigenvalue weighted by Crippen LogP contribution is 2.48. The minimum absolute atomic E-state index is 0.0152. The van der Waals surface area contributed by atoms with Gasteiger partial charge in [0.05, 0.1) is 18.4 Å². The number of hydrogen-bond acceptors (Lipinski definition) is 11. The Bertz CT molecular complexity index is 2380. The van der Waals surface area contributed by atoms with Gasteiger partial charge < -0.3 is 24.4 Å². The summed E-state index contributed by atoms with van der Waals surface area (Å²) in [5.41, 5.74) is 8.39. The van der Waals surface area contributed by atoms with E-state index in [0.717, 1.165) is 71.9 Å². The Hall–Kier alpha value is -5.10. The van der Waals surface area contributed by atoms with Crippen molar-refractivity contribution in [3.63, 3.8) is 0 Å². The fourth-order valence-corrected chi connectivity index (χ4v) is 11.2. The molecule has 6 aliphatic rings. The van der Waals surface area contributed by atoms with Crippen molar-refractivity contribution >= 4 is 28.7 Å². The van der Waals surface area contributed by atoms with Gasteiger partial charge in [0.1, 0.15) is 30.1 Å². The molecule has 1 spiro atoms. The first-order valence-corrected chi connectivity index (χ1v) is 22.4. The lowest BCUT2D eigenvalue weighted by Gasteiger charge is -2.52. The van der Waals surface area contributed by atoms with Crippen molar-refractivity contribution in [3.05, 3.63) is 60.4 Å². The first-order chi connectivity index (χ1) is 29.4. The fraction of sp³-hybridized carbons (Fsp3) is 0.574. The van der Waals surface area contributed by atoms with Gasteiger partial charge in [-0.05, 0) is 99.6 Å². The standard InChI is InChI=1S/C47H57N9O5/c1-27-28(2)38(27)42(57)52-39-41(54-24-47(25-54)14-7-16-50-47)43-51-36(23-60-43)30-11-13-37-33(19-30)34(20-46(3,4)26-61-45(59)35-9-6-17-55(53-35)44(39)58)40(31-8-5-15-49-22-31)56(37)32-12-10-29(18-32)21-48/h5,8,11,13,15,19,22-23,27-29,32,35,38-39,41,50,53H,6-7,9-10,12,14,16-18,20,24-26H2,1-4H3,(H,52,57)/t27-,28+,29-,32-,35-,38?,39-,41-/m0/s1. The van der Waals surface area contributed by atoms with E-state index in [1.165, 1.54) is 5.01 Å². The molecule has 7 heterocycles. The molecule has 14 heteroatoms. The monoisotopic (exact) mass is 827 g/mol. The van der Waals surface area contributed by atoms with Gasteiger partial charge in [0, 0.05) is 82.9 Å². The number of aromatic nitrogens is 3. The van der Waals surface area contributed by atoms with E-state index < -0.39 is 29.5 Å². The summed E-state index contributed by atoms with van der Waals surface area (Å²) in [6, 6.07) is 10.6. The molecule has 2 aliphatic carbocycles. The number of pyridine rings is 1. The van der Waals surface area contributed by atoms with Crippen molar-refractivity contribution < 1.29 is 23.5 Å². The van der Waals surface area contributed by atoms with Gasteiger partial charge in [-0.15, -0.1) is 0 Å². The number of nitrogens with one attached hydrogen (secondary N) is 3. The summed E-state index contributed by atoms with van der Waals surface area (Å²) in [4.78, 5) is 55.0. The van der Waals surface area contributed by atoms with Gasteiger partial charge in [0.2, 0.25) is 11.8 Å². The van der Waals surface area contributed by atoms with Crippen LogP contribution in [0.25, 0.3) is 33.4 Å². The summed E-state index contributed by atoms with van der Waals surface area (Å²) < 4.78 is 15.1. The van der Waals surface area contributed by atoms with Crippen molar-refractivity contribution in [1.82, 2.24) is 40.5 Å². The number of rotatable bonds is 5. The van der Waals surface area contributed by atoms with E-state index in [0.29, 0.717) is 50.5 Å². The molecule has 320 valence electrons. The summed E-state index contributed by atoms with van der Waals surface area (Å²) >= 11 is 0. The Morgan fingerprint density at radius 3 is 2.62 bits per heavy atom. The predicted molar refractivity (Wildman–Crippen MR) is 227 cm³/mol. The number of benzene rings is 1. The van der Waals surface area contributed by atoms with Crippen LogP contribution in [0.5, 0.6) is 0 Å². The number of likely N-dealkylation sites (tertiary alicyclic amines) is 1. The zero-order valence-electron chi connectivity index (χ0n) is 35.7. The van der Waals surface area contributed by atoms with Crippen molar-refractivity contribution in [2.45, 2.75) is 109 Å². The summed E-state index contributed by atoms with van der Waals surface area (Å²) in [5, 5.41) is 19.4. The number of carbonyl (C=O) groups is 3. The topological polar surface area (TPSA) is 171 Å². The Kier molecular flexibility index (Phi) is 10.1. The lowest BCUT2D eigenvalue weighted by atomic mass is 9.84. The molecule has 6 bridgehead atoms. The quantitative estimate of drug-likeness (QED) is 0.211. The van der Waals surface area contributed by atoms with E-state index >= 15 is 0 Å². The fourth-order valence-electron chi connectivity index (χ4n) is 11.2. The number of nitrogens with zero attached hydrogens (tertiary/aromatic N) is 6. The average Bonchev–Trinajstić information content (AvgIpc) is 3.91. The molecular formula is C47H57N9O5. The van der Waals surface area contributed by atoms with Crippen LogP contribution in [0.4, 0.5) is 0 Å². The molecular weight excluding hydrogens is 771 g/mol. The maximum Gasteiger partial charge on any atom is 0.324 e. The van der Waals surface area contributed by atoms with E-state index in [2.05, 4.69) is 88.5 Å². The van der Waals surface area contributed by atoms with Crippen molar-refractivity contribution in [2.75, 3.05) is 32.8 Å². The number of hydrazine groups is 1. The molecule has 61 heavy (non-hydrogen) atoms. The van der Waals surface area contributed by atoms with Gasteiger partial charge in [-0.3, -0.25) is 29.3 Å². The van der Waals surface area contributed by atoms with Crippen LogP contribution in [-0.4, -0.2) is 92.6 Å². The molecule has 8 atom stereocenters. The smallest absolute Gasteiger partial charge is 0.324 e. The van der Waals surface area contributed by atoms with Crippen LogP contribution in [0.15, 0.2) is 53.4 Å². The van der Waals surface area contributed by atoms with E-state index in [1.54, 1.807) is 12.5 Å². The largest absolute Gasteiger partial charge is 0.464 e. The predicted octanol–water partition coefficient (Wildman–Crippen LogP) is 5.71. The second-order valence-electron chi connectivity index (χ2n) is 19.7. The highest BCUT2D eigenvalue weighted by molar-refractivity contribution is 5.95. The van der Waals surface area contributed by atoms with Crippen LogP contribution < -0.4 is 16.1 Å². The van der Waals surface area contributed by atoms with Gasteiger partial charge >= 0.3 is 5.97 Å². The summed E-state index contributed by atoms with van der Waals surface area (Å²) in [6.45, 7) is 11.2. The Morgan fingerprint density at radius 2 is 1.90 bits per heavy atom. The van der Waals surface area contributed by atoms with Crippen molar-refractivity contribution in [2.24, 2.45) is 29.1 Å². The summed E-state index contributed by atoms with van der Waals surface area (Å²) in [6.07, 6.45) is 11.7. The first-order valence-electron chi connectivity index (χ1n) is 22.4. The number of oxazole rings is 1. The van der Waals surface area contributed by atoms with Crippen LogP contribution >= 0.6 is 0 Å². The minimum atomic E-state index is -1.04. The number of cyclic esters (lactones) is 1. The first kappa shape index (κ1) is 40.0. The van der Waals surface area contributed by atoms with Crippen molar-refractivity contribution in [3.8, 4) is 28.6 Å². The van der Waals surface area contributed by atoms with Crippen LogP contribution in [0.3, 0.4) is 0 Å². The summed E-state index contributed by atoms with van der Waals surface area (Å²) in [7, 11) is 0. The maximum atomic E-state index is 15.0. The molecule has 1 aromatic carbocycles. The molecule has 2 saturated carbocycles. The number of carbonyl (C=O) groups excluding carboxylic acids is 3. The van der Waals surface area contributed by atoms with E-state index in [-0.39, 0.29) is 53.7 Å². The Morgan fingerprint density at radius 1 is 1.07 bits per heavy atom. The molecule has 2 amide bonds. The van der Waals surface area contributed by atoms with E-state index in [1.807, 2.05) is 12.3 Å². The number of ether oxygens (including phenoxy) is 1. The molecule has 3 N–H and O–H groups in total. The zero-order chi connectivity index (χ0) is 42.2. The van der Waals surface area contributed by atoms with Crippen LogP contribution in [0, 0.1) is 40.4 Å².